The average molecular weight is 532 g/mol. The summed E-state index contributed by atoms with van der Waals surface area (Å²) in [7, 11) is -3.94. The summed E-state index contributed by atoms with van der Waals surface area (Å²) < 4.78 is 80.0. The van der Waals surface area contributed by atoms with Gasteiger partial charge in [-0.3, -0.25) is 4.79 Å². The van der Waals surface area contributed by atoms with Crippen LogP contribution in [-0.4, -0.2) is 25.2 Å². The fourth-order valence-electron chi connectivity index (χ4n) is 4.32. The van der Waals surface area contributed by atoms with Gasteiger partial charge in [-0.15, -0.1) is 0 Å². The molecule has 0 atom stereocenters. The Bertz CT molecular complexity index is 1530. The number of rotatable bonds is 5. The molecule has 1 aliphatic heterocycles. The molecule has 4 rings (SSSR count). The van der Waals surface area contributed by atoms with Crippen LogP contribution in [0.5, 0.6) is 0 Å². The Balaban J connectivity index is 1.55. The lowest BCUT2D eigenvalue weighted by Gasteiger charge is -2.30. The van der Waals surface area contributed by atoms with Crippen molar-refractivity contribution in [2.24, 2.45) is 0 Å². The third-order valence-corrected chi connectivity index (χ3v) is 8.07. The normalized spacial score (nSPS) is 14.1. The van der Waals surface area contributed by atoms with Gasteiger partial charge in [0.2, 0.25) is 15.9 Å². The number of carbonyl (C=O) groups excluding carboxylic acids is 1. The van der Waals surface area contributed by atoms with Gasteiger partial charge in [-0.2, -0.15) is 22.7 Å². The summed E-state index contributed by atoms with van der Waals surface area (Å²) in [6.07, 6.45) is -4.89. The lowest BCUT2D eigenvalue weighted by Crippen LogP contribution is -2.36. The van der Waals surface area contributed by atoms with Crippen molar-refractivity contribution in [3.63, 3.8) is 0 Å². The molecule has 0 aliphatic carbocycles. The molecule has 0 bridgehead atoms. The molecule has 1 aliphatic rings. The molecule has 1 amide bonds. The molecule has 0 aromatic heterocycles. The lowest BCUT2D eigenvalue weighted by molar-refractivity contribution is -0.140. The summed E-state index contributed by atoms with van der Waals surface area (Å²) in [6, 6.07) is 13.7. The van der Waals surface area contributed by atoms with Crippen LogP contribution in [0.1, 0.15) is 33.4 Å². The van der Waals surface area contributed by atoms with E-state index >= 15 is 0 Å². The largest absolute Gasteiger partial charge is 0.419 e. The highest BCUT2D eigenvalue weighted by Crippen LogP contribution is 2.33. The van der Waals surface area contributed by atoms with Crippen LogP contribution in [0.2, 0.25) is 0 Å². The number of fused-ring (bicyclic) bond motifs is 1. The summed E-state index contributed by atoms with van der Waals surface area (Å²) >= 11 is 0. The minimum absolute atomic E-state index is 0.0324. The first kappa shape index (κ1) is 26.3. The van der Waals surface area contributed by atoms with E-state index in [4.69, 9.17) is 0 Å². The average Bonchev–Trinajstić information content (AvgIpc) is 2.84. The van der Waals surface area contributed by atoms with Crippen LogP contribution in [0, 0.1) is 24.1 Å². The maximum atomic E-state index is 13.9. The molecule has 1 heterocycles. The van der Waals surface area contributed by atoms with Gasteiger partial charge < -0.3 is 5.32 Å². The zero-order chi connectivity index (χ0) is 27.0. The third-order valence-electron chi connectivity index (χ3n) is 6.17. The van der Waals surface area contributed by atoms with Gasteiger partial charge in [0, 0.05) is 18.8 Å². The summed E-state index contributed by atoms with van der Waals surface area (Å²) in [4.78, 5) is 12.6. The van der Waals surface area contributed by atoms with Gasteiger partial charge in [-0.05, 0) is 59.9 Å². The minimum atomic E-state index is -4.83. The number of halogens is 4. The Hall–Kier alpha value is -3.75. The number of anilines is 1. The quantitative estimate of drug-likeness (QED) is 0.472. The van der Waals surface area contributed by atoms with E-state index in [1.165, 1.54) is 16.4 Å². The van der Waals surface area contributed by atoms with Gasteiger partial charge in [0.1, 0.15) is 11.9 Å². The van der Waals surface area contributed by atoms with Crippen LogP contribution in [0.3, 0.4) is 0 Å². The molecule has 3 aromatic carbocycles. The number of sulfonamides is 1. The molecule has 1 N–H and O–H groups in total. The van der Waals surface area contributed by atoms with E-state index in [9.17, 15) is 36.0 Å². The number of aryl methyl sites for hydroxylation is 1. The van der Waals surface area contributed by atoms with Gasteiger partial charge in [0.25, 0.3) is 0 Å². The Morgan fingerprint density at radius 1 is 1.14 bits per heavy atom. The monoisotopic (exact) mass is 531 g/mol. The molecule has 3 aromatic rings. The molecule has 0 unspecified atom stereocenters. The molecule has 0 radical (unpaired) electrons. The predicted molar refractivity (Wildman–Crippen MR) is 127 cm³/mol. The fourth-order valence-corrected chi connectivity index (χ4v) is 5.88. The lowest BCUT2D eigenvalue weighted by atomic mass is 9.95. The number of nitriles is 1. The number of benzene rings is 3. The summed E-state index contributed by atoms with van der Waals surface area (Å²) in [5, 5.41) is 12.1. The van der Waals surface area contributed by atoms with Gasteiger partial charge in [-0.1, -0.05) is 30.3 Å². The minimum Gasteiger partial charge on any atom is -0.325 e. The number of amides is 1. The van der Waals surface area contributed by atoms with Gasteiger partial charge in [-0.25, -0.2) is 12.8 Å². The Morgan fingerprint density at radius 3 is 2.54 bits per heavy atom. The molecule has 37 heavy (non-hydrogen) atoms. The maximum Gasteiger partial charge on any atom is 0.419 e. The highest BCUT2D eigenvalue weighted by atomic mass is 32.2. The number of carbonyl (C=O) groups is 1. The van der Waals surface area contributed by atoms with Crippen molar-refractivity contribution in [2.75, 3.05) is 11.9 Å². The van der Waals surface area contributed by atoms with Crippen LogP contribution in [0.25, 0.3) is 0 Å². The number of hydrogen-bond acceptors (Lipinski definition) is 4. The number of hydrogen-bond donors (Lipinski definition) is 1. The zero-order valence-corrected chi connectivity index (χ0v) is 20.4. The van der Waals surface area contributed by atoms with Gasteiger partial charge >= 0.3 is 6.18 Å². The van der Waals surface area contributed by atoms with Crippen molar-refractivity contribution >= 4 is 21.6 Å². The van der Waals surface area contributed by atoms with E-state index in [1.807, 2.05) is 6.07 Å². The fraction of sp³-hybridized carbons (Fsp3) is 0.231. The zero-order valence-electron chi connectivity index (χ0n) is 19.6. The van der Waals surface area contributed by atoms with Crippen LogP contribution in [0.4, 0.5) is 23.2 Å². The number of nitrogens with zero attached hydrogens (tertiary/aromatic N) is 2. The Morgan fingerprint density at radius 2 is 1.86 bits per heavy atom. The molecule has 0 spiro atoms. The second-order valence-corrected chi connectivity index (χ2v) is 10.5. The second kappa shape index (κ2) is 9.95. The van der Waals surface area contributed by atoms with Crippen molar-refractivity contribution in [1.82, 2.24) is 4.31 Å². The van der Waals surface area contributed by atoms with Crippen LogP contribution < -0.4 is 5.32 Å². The summed E-state index contributed by atoms with van der Waals surface area (Å²) in [5.74, 6) is -2.00. The van der Waals surface area contributed by atoms with Gasteiger partial charge in [0.15, 0.2) is 0 Å². The van der Waals surface area contributed by atoms with Crippen LogP contribution >= 0.6 is 0 Å². The highest BCUT2D eigenvalue weighted by Gasteiger charge is 2.34. The van der Waals surface area contributed by atoms with E-state index in [1.54, 1.807) is 31.2 Å². The summed E-state index contributed by atoms with van der Waals surface area (Å²) in [5.41, 5.74) is 1.35. The third kappa shape index (κ3) is 5.35. The molecular weight excluding hydrogens is 510 g/mol. The van der Waals surface area contributed by atoms with Crippen molar-refractivity contribution in [3.8, 4) is 6.07 Å². The number of alkyl halides is 3. The van der Waals surface area contributed by atoms with E-state index in [-0.39, 0.29) is 42.0 Å². The van der Waals surface area contributed by atoms with E-state index < -0.39 is 33.5 Å². The Kier molecular flexibility index (Phi) is 7.08. The van der Waals surface area contributed by atoms with Crippen molar-refractivity contribution in [1.29, 1.82) is 5.26 Å². The standard InChI is InChI=1S/C26H21F4N3O3S/c1-16-6-8-19-15-33(37(35,36)23-5-3-2-4-18(23)14-31)11-10-20(19)25(16)32-24(34)13-17-7-9-21(22(27)12-17)26(28,29)30/h2-9,12H,10-11,13,15H2,1H3,(H,32,34). The van der Waals surface area contributed by atoms with Crippen molar-refractivity contribution < 1.29 is 30.8 Å². The first-order valence-electron chi connectivity index (χ1n) is 11.2. The topological polar surface area (TPSA) is 90.3 Å². The first-order valence-corrected chi connectivity index (χ1v) is 12.6. The van der Waals surface area contributed by atoms with Crippen LogP contribution in [0.15, 0.2) is 59.5 Å². The number of nitrogens with one attached hydrogen (secondary N) is 1. The maximum absolute atomic E-state index is 13.9. The van der Waals surface area contributed by atoms with E-state index in [2.05, 4.69) is 5.32 Å². The first-order chi connectivity index (χ1) is 17.4. The van der Waals surface area contributed by atoms with Gasteiger partial charge in [0.05, 0.1) is 22.4 Å². The summed E-state index contributed by atoms with van der Waals surface area (Å²) in [6.45, 7) is 1.91. The van der Waals surface area contributed by atoms with Crippen LogP contribution in [-0.2, 0) is 40.4 Å². The smallest absolute Gasteiger partial charge is 0.325 e. The van der Waals surface area contributed by atoms with Crippen molar-refractivity contribution in [3.05, 3.63) is 93.8 Å². The van der Waals surface area contributed by atoms with Crippen molar-refractivity contribution in [2.45, 2.75) is 37.4 Å². The highest BCUT2D eigenvalue weighted by molar-refractivity contribution is 7.89. The molecule has 192 valence electrons. The molecular formula is C26H21F4N3O3S. The molecule has 11 heteroatoms. The SMILES string of the molecule is Cc1ccc2c(c1NC(=O)Cc1ccc(C(F)(F)F)c(F)c1)CCN(S(=O)(=O)c1ccccc1C#N)C2. The molecule has 0 saturated carbocycles. The Labute approximate surface area is 211 Å². The molecule has 0 fully saturated rings. The van der Waals surface area contributed by atoms with E-state index in [0.29, 0.717) is 23.4 Å². The molecule has 6 nitrogen and oxygen atoms in total. The van der Waals surface area contributed by atoms with E-state index in [0.717, 1.165) is 17.2 Å². The molecule has 0 saturated heterocycles. The predicted octanol–water partition coefficient (Wildman–Crippen LogP) is 4.95. The second-order valence-electron chi connectivity index (χ2n) is 8.63.